The molecule has 8 heteroatoms. The van der Waals surface area contributed by atoms with Gasteiger partial charge >= 0.3 is 0 Å². The highest BCUT2D eigenvalue weighted by Crippen LogP contribution is 2.23. The Labute approximate surface area is 223 Å². The van der Waals surface area contributed by atoms with Crippen LogP contribution in [0.2, 0.25) is 0 Å². The Morgan fingerprint density at radius 1 is 0.895 bits per heavy atom. The average molecular weight is 521 g/mol. The highest BCUT2D eigenvalue weighted by Gasteiger charge is 2.39. The van der Waals surface area contributed by atoms with Crippen LogP contribution in [0, 0.1) is 5.82 Å². The number of nitrogens with two attached hydrogens (primary N) is 2. The van der Waals surface area contributed by atoms with Crippen molar-refractivity contribution < 1.29 is 19.1 Å². The molecule has 1 aliphatic heterocycles. The van der Waals surface area contributed by atoms with Gasteiger partial charge < -0.3 is 26.4 Å². The van der Waals surface area contributed by atoms with Crippen molar-refractivity contribution in [3.8, 4) is 0 Å². The Balaban J connectivity index is 1.44. The van der Waals surface area contributed by atoms with Gasteiger partial charge in [0.1, 0.15) is 5.82 Å². The lowest BCUT2D eigenvalue weighted by atomic mass is 9.97. The van der Waals surface area contributed by atoms with Gasteiger partial charge in [0.05, 0.1) is 12.1 Å². The first kappa shape index (κ1) is 27.7. The quantitative estimate of drug-likeness (QED) is 0.402. The number of carbonyl (C=O) groups excluding carboxylic acids is 2. The summed E-state index contributed by atoms with van der Waals surface area (Å²) in [6.45, 7) is 2.57. The SMILES string of the molecule is C[C@@H]1CN(C(=O)[C@H](N)Cc2ccc(F)cc2)[C@@H](CCCO)CN1C(=O)[C@H](N)Cc1ccc2ccccc2c1. The van der Waals surface area contributed by atoms with Crippen LogP contribution in [0.25, 0.3) is 10.8 Å². The molecule has 1 fully saturated rings. The molecule has 3 aromatic rings. The molecule has 4 atom stereocenters. The predicted octanol–water partition coefficient (Wildman–Crippen LogP) is 2.62. The van der Waals surface area contributed by atoms with Crippen LogP contribution in [0.1, 0.15) is 30.9 Å². The van der Waals surface area contributed by atoms with Crippen molar-refractivity contribution in [2.75, 3.05) is 19.7 Å². The minimum atomic E-state index is -0.790. The number of nitrogens with zero attached hydrogens (tertiary/aromatic N) is 2. The highest BCUT2D eigenvalue weighted by molar-refractivity contribution is 5.86. The fourth-order valence-electron chi connectivity index (χ4n) is 5.28. The number of hydrogen-bond donors (Lipinski definition) is 3. The minimum Gasteiger partial charge on any atom is -0.396 e. The van der Waals surface area contributed by atoms with E-state index in [1.54, 1.807) is 21.9 Å². The maximum Gasteiger partial charge on any atom is 0.240 e. The molecular formula is C30H37FN4O3. The first-order chi connectivity index (χ1) is 18.3. The van der Waals surface area contributed by atoms with Crippen molar-refractivity contribution in [1.29, 1.82) is 0 Å². The largest absolute Gasteiger partial charge is 0.396 e. The normalized spacial score (nSPS) is 19.4. The number of aliphatic hydroxyl groups is 1. The van der Waals surface area contributed by atoms with Crippen molar-refractivity contribution >= 4 is 22.6 Å². The fourth-order valence-corrected chi connectivity index (χ4v) is 5.28. The zero-order valence-corrected chi connectivity index (χ0v) is 21.8. The van der Waals surface area contributed by atoms with Crippen LogP contribution < -0.4 is 11.5 Å². The second-order valence-electron chi connectivity index (χ2n) is 10.3. The van der Waals surface area contributed by atoms with Crippen LogP contribution in [-0.4, -0.2) is 70.6 Å². The molecule has 1 aliphatic rings. The van der Waals surface area contributed by atoms with Gasteiger partial charge in [-0.15, -0.1) is 0 Å². The van der Waals surface area contributed by atoms with Crippen molar-refractivity contribution in [3.05, 3.63) is 83.7 Å². The zero-order chi connectivity index (χ0) is 27.2. The summed E-state index contributed by atoms with van der Waals surface area (Å²) >= 11 is 0. The highest BCUT2D eigenvalue weighted by atomic mass is 19.1. The Morgan fingerprint density at radius 2 is 1.50 bits per heavy atom. The number of fused-ring (bicyclic) bond motifs is 1. The molecule has 0 bridgehead atoms. The maximum absolute atomic E-state index is 13.5. The van der Waals surface area contributed by atoms with Crippen molar-refractivity contribution in [3.63, 3.8) is 0 Å². The molecule has 2 amide bonds. The lowest BCUT2D eigenvalue weighted by molar-refractivity contribution is -0.148. The molecule has 3 aromatic carbocycles. The summed E-state index contributed by atoms with van der Waals surface area (Å²) in [6, 6.07) is 18.1. The molecule has 1 saturated heterocycles. The summed E-state index contributed by atoms with van der Waals surface area (Å²) in [5, 5.41) is 11.7. The lowest BCUT2D eigenvalue weighted by Crippen LogP contribution is -2.64. The first-order valence-electron chi connectivity index (χ1n) is 13.2. The molecule has 0 saturated carbocycles. The van der Waals surface area contributed by atoms with Gasteiger partial charge in [0, 0.05) is 31.8 Å². The molecule has 0 aromatic heterocycles. The predicted molar refractivity (Wildman–Crippen MR) is 147 cm³/mol. The summed E-state index contributed by atoms with van der Waals surface area (Å²) in [7, 11) is 0. The smallest absolute Gasteiger partial charge is 0.240 e. The summed E-state index contributed by atoms with van der Waals surface area (Å²) in [4.78, 5) is 30.4. The number of benzene rings is 3. The van der Waals surface area contributed by atoms with Gasteiger partial charge in [-0.1, -0.05) is 54.6 Å². The summed E-state index contributed by atoms with van der Waals surface area (Å²) in [5.41, 5.74) is 14.5. The van der Waals surface area contributed by atoms with E-state index in [-0.39, 0.29) is 42.7 Å². The van der Waals surface area contributed by atoms with Crippen molar-refractivity contribution in [2.45, 2.75) is 56.8 Å². The first-order valence-corrected chi connectivity index (χ1v) is 13.2. The van der Waals surface area contributed by atoms with Crippen molar-refractivity contribution in [2.24, 2.45) is 11.5 Å². The third-order valence-electron chi connectivity index (χ3n) is 7.38. The van der Waals surface area contributed by atoms with E-state index >= 15 is 0 Å². The summed E-state index contributed by atoms with van der Waals surface area (Å²) < 4.78 is 13.3. The average Bonchev–Trinajstić information content (AvgIpc) is 2.92. The van der Waals surface area contributed by atoms with E-state index in [0.717, 1.165) is 21.9 Å². The number of rotatable bonds is 9. The van der Waals surface area contributed by atoms with Crippen LogP contribution >= 0.6 is 0 Å². The molecule has 4 rings (SSSR count). The molecule has 1 heterocycles. The molecule has 38 heavy (non-hydrogen) atoms. The van der Waals surface area contributed by atoms with Crippen LogP contribution in [0.3, 0.4) is 0 Å². The van der Waals surface area contributed by atoms with Crippen LogP contribution in [0.4, 0.5) is 4.39 Å². The van der Waals surface area contributed by atoms with Crippen LogP contribution in [0.15, 0.2) is 66.7 Å². The van der Waals surface area contributed by atoms with Gasteiger partial charge in [-0.05, 0) is 66.6 Å². The Morgan fingerprint density at radius 3 is 2.18 bits per heavy atom. The van der Waals surface area contributed by atoms with Gasteiger partial charge in [0.2, 0.25) is 11.8 Å². The van der Waals surface area contributed by atoms with Gasteiger partial charge in [0.15, 0.2) is 0 Å². The van der Waals surface area contributed by atoms with Gasteiger partial charge in [0.25, 0.3) is 0 Å². The lowest BCUT2D eigenvalue weighted by Gasteiger charge is -2.46. The monoisotopic (exact) mass is 520 g/mol. The molecule has 7 nitrogen and oxygen atoms in total. The summed E-state index contributed by atoms with van der Waals surface area (Å²) in [5.74, 6) is -0.704. The van der Waals surface area contributed by atoms with E-state index in [1.165, 1.54) is 12.1 Å². The summed E-state index contributed by atoms with van der Waals surface area (Å²) in [6.07, 6.45) is 1.75. The number of halogens is 1. The number of hydrogen-bond acceptors (Lipinski definition) is 5. The van der Waals surface area contributed by atoms with Crippen molar-refractivity contribution in [1.82, 2.24) is 9.80 Å². The van der Waals surface area contributed by atoms with E-state index in [2.05, 4.69) is 6.07 Å². The number of piperazine rings is 1. The molecular weight excluding hydrogens is 483 g/mol. The van der Waals surface area contributed by atoms with E-state index in [0.29, 0.717) is 32.4 Å². The van der Waals surface area contributed by atoms with Gasteiger partial charge in [-0.25, -0.2) is 4.39 Å². The maximum atomic E-state index is 13.5. The van der Waals surface area contributed by atoms with E-state index < -0.39 is 12.1 Å². The van der Waals surface area contributed by atoms with Gasteiger partial charge in [-0.2, -0.15) is 0 Å². The van der Waals surface area contributed by atoms with E-state index in [9.17, 15) is 19.1 Å². The topological polar surface area (TPSA) is 113 Å². The van der Waals surface area contributed by atoms with Crippen LogP contribution in [-0.2, 0) is 22.4 Å². The number of amides is 2. The molecule has 202 valence electrons. The number of carbonyl (C=O) groups is 2. The Kier molecular flexibility index (Phi) is 9.09. The molecule has 0 unspecified atom stereocenters. The third-order valence-corrected chi connectivity index (χ3v) is 7.38. The number of aliphatic hydroxyl groups excluding tert-OH is 1. The van der Waals surface area contributed by atoms with E-state index in [1.807, 2.05) is 43.3 Å². The minimum absolute atomic E-state index is 0.00879. The Bertz CT molecular complexity index is 1250. The molecule has 0 radical (unpaired) electrons. The standard InChI is InChI=1S/C30H37FN4O3/c1-20-18-35(30(38)27(32)16-21-9-12-25(31)13-10-21)26(7-4-14-36)19-34(20)29(37)28(33)17-22-8-11-23-5-2-3-6-24(23)15-22/h2-3,5-6,8-13,15,20,26-28,36H,4,7,14,16-19,32-33H2,1H3/t20-,26+,27-,28-/m1/s1. The molecule has 0 aliphatic carbocycles. The fraction of sp³-hybridized carbons (Fsp3) is 0.400. The third kappa shape index (κ3) is 6.56. The second kappa shape index (κ2) is 12.5. The molecule has 0 spiro atoms. The Hall–Kier alpha value is -3.33. The van der Waals surface area contributed by atoms with Crippen LogP contribution in [0.5, 0.6) is 0 Å². The van der Waals surface area contributed by atoms with E-state index in [4.69, 9.17) is 11.5 Å². The molecule has 5 N–H and O–H groups in total. The van der Waals surface area contributed by atoms with Gasteiger partial charge in [-0.3, -0.25) is 9.59 Å². The zero-order valence-electron chi connectivity index (χ0n) is 21.8. The second-order valence-corrected chi connectivity index (χ2v) is 10.3.